The molecule has 0 unspecified atom stereocenters. The maximum Gasteiger partial charge on any atom is 0.170 e. The summed E-state index contributed by atoms with van der Waals surface area (Å²) in [6.45, 7) is 2.09. The van der Waals surface area contributed by atoms with Gasteiger partial charge in [0.25, 0.3) is 0 Å². The van der Waals surface area contributed by atoms with Gasteiger partial charge in [-0.25, -0.2) is 0 Å². The smallest absolute Gasteiger partial charge is 0.170 e. The molecular formula is C14H14N2OS. The Morgan fingerprint density at radius 2 is 1.78 bits per heavy atom. The maximum atomic E-state index is 8.59. The summed E-state index contributed by atoms with van der Waals surface area (Å²) in [5.41, 5.74) is 7.48. The highest BCUT2D eigenvalue weighted by molar-refractivity contribution is 7.99. The van der Waals surface area contributed by atoms with Gasteiger partial charge in [0.2, 0.25) is 0 Å². The third-order valence-corrected chi connectivity index (χ3v) is 3.77. The zero-order chi connectivity index (χ0) is 13.0. The summed E-state index contributed by atoms with van der Waals surface area (Å²) in [6.07, 6.45) is 0. The summed E-state index contributed by atoms with van der Waals surface area (Å²) in [7, 11) is 0. The summed E-state index contributed by atoms with van der Waals surface area (Å²) in [5, 5.41) is 11.6. The Kier molecular flexibility index (Phi) is 3.89. The van der Waals surface area contributed by atoms with Crippen LogP contribution in [0.25, 0.3) is 0 Å². The van der Waals surface area contributed by atoms with Crippen LogP contribution >= 0.6 is 11.8 Å². The summed E-state index contributed by atoms with van der Waals surface area (Å²) in [6, 6.07) is 15.9. The van der Waals surface area contributed by atoms with Crippen molar-refractivity contribution in [3.63, 3.8) is 0 Å². The molecule has 0 heterocycles. The number of amidine groups is 1. The molecule has 2 aromatic rings. The van der Waals surface area contributed by atoms with Gasteiger partial charge in [-0.15, -0.1) is 0 Å². The summed E-state index contributed by atoms with van der Waals surface area (Å²) >= 11 is 1.70. The number of rotatable bonds is 3. The van der Waals surface area contributed by atoms with Gasteiger partial charge in [-0.3, -0.25) is 0 Å². The first kappa shape index (κ1) is 12.5. The number of oxime groups is 1. The van der Waals surface area contributed by atoms with Crippen molar-refractivity contribution in [3.8, 4) is 0 Å². The molecule has 0 aliphatic rings. The Hall–Kier alpha value is -1.94. The lowest BCUT2D eigenvalue weighted by molar-refractivity contribution is 0.318. The van der Waals surface area contributed by atoms with E-state index >= 15 is 0 Å². The van der Waals surface area contributed by atoms with Crippen LogP contribution in [0.3, 0.4) is 0 Å². The van der Waals surface area contributed by atoms with E-state index in [2.05, 4.69) is 24.2 Å². The van der Waals surface area contributed by atoms with E-state index < -0.39 is 0 Å². The predicted octanol–water partition coefficient (Wildman–Crippen LogP) is 3.24. The summed E-state index contributed by atoms with van der Waals surface area (Å²) in [5.74, 6) is 0.127. The van der Waals surface area contributed by atoms with Gasteiger partial charge in [0.15, 0.2) is 5.84 Å². The number of hydrogen-bond acceptors (Lipinski definition) is 3. The highest BCUT2D eigenvalue weighted by Crippen LogP contribution is 2.29. The minimum absolute atomic E-state index is 0.127. The number of hydrogen-bond donors (Lipinski definition) is 2. The normalized spacial score (nSPS) is 11.5. The minimum Gasteiger partial charge on any atom is -0.409 e. The molecule has 0 aromatic heterocycles. The molecule has 0 aliphatic carbocycles. The van der Waals surface area contributed by atoms with Gasteiger partial charge in [0.1, 0.15) is 0 Å². The van der Waals surface area contributed by atoms with Gasteiger partial charge in [-0.2, -0.15) is 0 Å². The van der Waals surface area contributed by atoms with E-state index in [4.69, 9.17) is 10.9 Å². The first-order valence-electron chi connectivity index (χ1n) is 5.52. The van der Waals surface area contributed by atoms with Crippen LogP contribution in [0.5, 0.6) is 0 Å². The second-order valence-corrected chi connectivity index (χ2v) is 4.99. The minimum atomic E-state index is 0.127. The zero-order valence-electron chi connectivity index (χ0n) is 10.00. The number of aryl methyl sites for hydroxylation is 1. The zero-order valence-corrected chi connectivity index (χ0v) is 10.8. The van der Waals surface area contributed by atoms with Crippen molar-refractivity contribution < 1.29 is 5.21 Å². The van der Waals surface area contributed by atoms with Crippen molar-refractivity contribution in [1.29, 1.82) is 0 Å². The molecule has 92 valence electrons. The van der Waals surface area contributed by atoms with Gasteiger partial charge in [0, 0.05) is 15.4 Å². The lowest BCUT2D eigenvalue weighted by atomic mass is 10.2. The maximum absolute atomic E-state index is 8.59. The molecule has 3 nitrogen and oxygen atoms in total. The predicted molar refractivity (Wildman–Crippen MR) is 74.3 cm³/mol. The quantitative estimate of drug-likeness (QED) is 0.384. The van der Waals surface area contributed by atoms with Crippen LogP contribution in [-0.4, -0.2) is 11.0 Å². The Bertz CT molecular complexity index is 564. The molecular weight excluding hydrogens is 244 g/mol. The van der Waals surface area contributed by atoms with Crippen LogP contribution in [0, 0.1) is 6.92 Å². The van der Waals surface area contributed by atoms with E-state index in [1.165, 1.54) is 10.5 Å². The SMILES string of the molecule is Cc1ccccc1Sc1ccc(/C(N)=N/O)cc1. The molecule has 0 fully saturated rings. The van der Waals surface area contributed by atoms with Crippen molar-refractivity contribution in [2.24, 2.45) is 10.9 Å². The van der Waals surface area contributed by atoms with Crippen molar-refractivity contribution in [2.75, 3.05) is 0 Å². The standard InChI is InChI=1S/C14H14N2OS/c1-10-4-2-3-5-13(10)18-12-8-6-11(7-9-12)14(15)16-17/h2-9,17H,1H3,(H2,15,16). The third-order valence-electron chi connectivity index (χ3n) is 2.58. The van der Waals surface area contributed by atoms with Crippen LogP contribution in [0.1, 0.15) is 11.1 Å². The van der Waals surface area contributed by atoms with E-state index in [9.17, 15) is 0 Å². The van der Waals surface area contributed by atoms with E-state index in [0.29, 0.717) is 5.56 Å². The van der Waals surface area contributed by atoms with Gasteiger partial charge >= 0.3 is 0 Å². The number of benzene rings is 2. The van der Waals surface area contributed by atoms with Gasteiger partial charge in [-0.05, 0) is 30.7 Å². The number of nitrogens with zero attached hydrogens (tertiary/aromatic N) is 1. The topological polar surface area (TPSA) is 58.6 Å². The van der Waals surface area contributed by atoms with Crippen molar-refractivity contribution in [2.45, 2.75) is 16.7 Å². The van der Waals surface area contributed by atoms with E-state index in [1.54, 1.807) is 11.8 Å². The van der Waals surface area contributed by atoms with Crippen molar-refractivity contribution in [1.82, 2.24) is 0 Å². The van der Waals surface area contributed by atoms with Crippen molar-refractivity contribution >= 4 is 17.6 Å². The molecule has 3 N–H and O–H groups in total. The fourth-order valence-electron chi connectivity index (χ4n) is 1.55. The second-order valence-electron chi connectivity index (χ2n) is 3.88. The van der Waals surface area contributed by atoms with Crippen LogP contribution in [0.2, 0.25) is 0 Å². The highest BCUT2D eigenvalue weighted by atomic mass is 32.2. The molecule has 0 saturated heterocycles. The van der Waals surface area contributed by atoms with Crippen LogP contribution in [-0.2, 0) is 0 Å². The Morgan fingerprint density at radius 3 is 2.39 bits per heavy atom. The second kappa shape index (κ2) is 5.60. The molecule has 0 spiro atoms. The molecule has 0 bridgehead atoms. The van der Waals surface area contributed by atoms with Crippen LogP contribution < -0.4 is 5.73 Å². The molecule has 4 heteroatoms. The average molecular weight is 258 g/mol. The molecule has 0 radical (unpaired) electrons. The van der Waals surface area contributed by atoms with Crippen molar-refractivity contribution in [3.05, 3.63) is 59.7 Å². The molecule has 0 aliphatic heterocycles. The number of nitrogens with two attached hydrogens (primary N) is 1. The Balaban J connectivity index is 2.19. The average Bonchev–Trinajstić information content (AvgIpc) is 2.41. The van der Waals surface area contributed by atoms with Gasteiger partial charge in [-0.1, -0.05) is 47.2 Å². The molecule has 0 atom stereocenters. The van der Waals surface area contributed by atoms with Crippen LogP contribution in [0.4, 0.5) is 0 Å². The molecule has 18 heavy (non-hydrogen) atoms. The lowest BCUT2D eigenvalue weighted by Crippen LogP contribution is -2.12. The van der Waals surface area contributed by atoms with E-state index in [-0.39, 0.29) is 5.84 Å². The van der Waals surface area contributed by atoms with Crippen LogP contribution in [0.15, 0.2) is 63.5 Å². The Morgan fingerprint density at radius 1 is 1.11 bits per heavy atom. The Labute approximate surface area is 110 Å². The fourth-order valence-corrected chi connectivity index (χ4v) is 2.45. The van der Waals surface area contributed by atoms with E-state index in [0.717, 1.165) is 4.90 Å². The molecule has 0 saturated carbocycles. The first-order valence-corrected chi connectivity index (χ1v) is 6.34. The van der Waals surface area contributed by atoms with Gasteiger partial charge in [0.05, 0.1) is 0 Å². The lowest BCUT2D eigenvalue weighted by Gasteiger charge is -2.05. The summed E-state index contributed by atoms with van der Waals surface area (Å²) in [4.78, 5) is 2.35. The fraction of sp³-hybridized carbons (Fsp3) is 0.0714. The molecule has 2 aromatic carbocycles. The highest BCUT2D eigenvalue weighted by Gasteiger charge is 2.02. The first-order chi connectivity index (χ1) is 8.70. The third kappa shape index (κ3) is 2.84. The molecule has 2 rings (SSSR count). The van der Waals surface area contributed by atoms with Gasteiger partial charge < -0.3 is 10.9 Å². The largest absolute Gasteiger partial charge is 0.409 e. The van der Waals surface area contributed by atoms with E-state index in [1.807, 2.05) is 36.4 Å². The summed E-state index contributed by atoms with van der Waals surface area (Å²) < 4.78 is 0. The monoisotopic (exact) mass is 258 g/mol. The molecule has 0 amide bonds.